The lowest BCUT2D eigenvalue weighted by Gasteiger charge is -2.24. The summed E-state index contributed by atoms with van der Waals surface area (Å²) in [4.78, 5) is 11.8. The molecule has 0 spiro atoms. The lowest BCUT2D eigenvalue weighted by Crippen LogP contribution is -2.52. The summed E-state index contributed by atoms with van der Waals surface area (Å²) >= 11 is 0. The molecule has 6 nitrogen and oxygen atoms in total. The molecule has 0 heterocycles. The minimum Gasteiger partial charge on any atom is -0.490 e. The lowest BCUT2D eigenvalue weighted by molar-refractivity contribution is -0.124. The van der Waals surface area contributed by atoms with Crippen LogP contribution < -0.4 is 15.8 Å². The van der Waals surface area contributed by atoms with E-state index in [-0.39, 0.29) is 16.9 Å². The SMILES string of the molecule is CNC1(C(N)=O)CCC(Oc2ccc(S(C)(=O)=O)cc2)C1. The van der Waals surface area contributed by atoms with Crippen molar-refractivity contribution in [3.8, 4) is 5.75 Å². The first kappa shape index (κ1) is 15.8. The van der Waals surface area contributed by atoms with Crippen LogP contribution in [0.5, 0.6) is 5.75 Å². The maximum atomic E-state index is 11.5. The van der Waals surface area contributed by atoms with Crippen LogP contribution in [-0.2, 0) is 14.6 Å². The summed E-state index contributed by atoms with van der Waals surface area (Å²) in [6, 6.07) is 6.28. The molecule has 2 unspecified atom stereocenters. The second-order valence-electron chi connectivity index (χ2n) is 5.42. The van der Waals surface area contributed by atoms with E-state index in [1.165, 1.54) is 12.1 Å². The second-order valence-corrected chi connectivity index (χ2v) is 7.44. The van der Waals surface area contributed by atoms with Crippen molar-refractivity contribution in [1.29, 1.82) is 0 Å². The molecule has 0 bridgehead atoms. The molecule has 1 aromatic carbocycles. The van der Waals surface area contributed by atoms with Crippen molar-refractivity contribution < 1.29 is 17.9 Å². The van der Waals surface area contributed by atoms with Gasteiger partial charge in [-0.05, 0) is 44.2 Å². The van der Waals surface area contributed by atoms with Crippen LogP contribution in [0.3, 0.4) is 0 Å². The minimum atomic E-state index is -3.21. The molecule has 1 fully saturated rings. The molecule has 0 aromatic heterocycles. The highest BCUT2D eigenvalue weighted by Crippen LogP contribution is 2.32. The maximum absolute atomic E-state index is 11.5. The molecule has 7 heteroatoms. The molecule has 1 amide bonds. The molecule has 116 valence electrons. The lowest BCUT2D eigenvalue weighted by atomic mass is 9.97. The number of likely N-dealkylation sites (N-methyl/N-ethyl adjacent to an activating group) is 1. The quantitative estimate of drug-likeness (QED) is 0.823. The fourth-order valence-electron chi connectivity index (χ4n) is 2.63. The average molecular weight is 312 g/mol. The van der Waals surface area contributed by atoms with E-state index in [0.717, 1.165) is 12.7 Å². The second kappa shape index (κ2) is 5.65. The number of sulfone groups is 1. The normalized spacial score (nSPS) is 25.7. The smallest absolute Gasteiger partial charge is 0.237 e. The van der Waals surface area contributed by atoms with Crippen LogP contribution in [0.1, 0.15) is 19.3 Å². The Morgan fingerprint density at radius 2 is 2.00 bits per heavy atom. The van der Waals surface area contributed by atoms with E-state index in [1.807, 2.05) is 0 Å². The van der Waals surface area contributed by atoms with Crippen molar-refractivity contribution in [1.82, 2.24) is 5.32 Å². The molecule has 21 heavy (non-hydrogen) atoms. The van der Waals surface area contributed by atoms with E-state index >= 15 is 0 Å². The van der Waals surface area contributed by atoms with E-state index in [9.17, 15) is 13.2 Å². The Balaban J connectivity index is 2.05. The van der Waals surface area contributed by atoms with E-state index in [2.05, 4.69) is 5.32 Å². The van der Waals surface area contributed by atoms with Gasteiger partial charge in [0.25, 0.3) is 0 Å². The zero-order chi connectivity index (χ0) is 15.7. The third-order valence-corrected chi connectivity index (χ3v) is 5.10. The van der Waals surface area contributed by atoms with Crippen LogP contribution in [0.15, 0.2) is 29.2 Å². The highest BCUT2D eigenvalue weighted by Gasteiger charge is 2.43. The van der Waals surface area contributed by atoms with Crippen LogP contribution in [-0.4, -0.2) is 39.3 Å². The van der Waals surface area contributed by atoms with Gasteiger partial charge in [0.2, 0.25) is 5.91 Å². The summed E-state index contributed by atoms with van der Waals surface area (Å²) in [5.74, 6) is 0.215. The molecule has 0 aliphatic heterocycles. The fraction of sp³-hybridized carbons (Fsp3) is 0.500. The van der Waals surface area contributed by atoms with Crippen molar-refractivity contribution in [2.45, 2.75) is 35.8 Å². The third-order valence-electron chi connectivity index (χ3n) is 3.97. The van der Waals surface area contributed by atoms with Crippen LogP contribution in [0.2, 0.25) is 0 Å². The van der Waals surface area contributed by atoms with Gasteiger partial charge in [-0.2, -0.15) is 0 Å². The average Bonchev–Trinajstić information content (AvgIpc) is 2.83. The number of hydrogen-bond acceptors (Lipinski definition) is 5. The number of primary amides is 1. The number of hydrogen-bond donors (Lipinski definition) is 2. The Morgan fingerprint density at radius 3 is 2.43 bits per heavy atom. The largest absolute Gasteiger partial charge is 0.490 e. The number of nitrogens with two attached hydrogens (primary N) is 1. The van der Waals surface area contributed by atoms with Gasteiger partial charge in [0, 0.05) is 12.7 Å². The highest BCUT2D eigenvalue weighted by atomic mass is 32.2. The molecule has 1 saturated carbocycles. The Hall–Kier alpha value is -1.60. The topological polar surface area (TPSA) is 98.5 Å². The predicted molar refractivity (Wildman–Crippen MR) is 78.8 cm³/mol. The zero-order valence-electron chi connectivity index (χ0n) is 12.1. The summed E-state index contributed by atoms with van der Waals surface area (Å²) in [5.41, 5.74) is 4.73. The van der Waals surface area contributed by atoms with Crippen LogP contribution >= 0.6 is 0 Å². The van der Waals surface area contributed by atoms with E-state index < -0.39 is 15.4 Å². The van der Waals surface area contributed by atoms with Gasteiger partial charge in [0.05, 0.1) is 4.90 Å². The van der Waals surface area contributed by atoms with Gasteiger partial charge >= 0.3 is 0 Å². The number of amides is 1. The van der Waals surface area contributed by atoms with Crippen molar-refractivity contribution in [3.63, 3.8) is 0 Å². The zero-order valence-corrected chi connectivity index (χ0v) is 12.9. The standard InChI is InChI=1S/C14H20N2O4S/c1-16-14(13(15)17)8-7-11(9-14)20-10-3-5-12(6-4-10)21(2,18)19/h3-6,11,16H,7-9H2,1-2H3,(H2,15,17). The molecule has 0 radical (unpaired) electrons. The molecule has 3 N–H and O–H groups in total. The highest BCUT2D eigenvalue weighted by molar-refractivity contribution is 7.90. The monoisotopic (exact) mass is 312 g/mol. The number of ether oxygens (including phenoxy) is 1. The first-order chi connectivity index (χ1) is 9.77. The molecule has 1 aliphatic carbocycles. The predicted octanol–water partition coefficient (Wildman–Crippen LogP) is 0.465. The summed E-state index contributed by atoms with van der Waals surface area (Å²) in [7, 11) is -1.49. The minimum absolute atomic E-state index is 0.117. The van der Waals surface area contributed by atoms with Gasteiger partial charge in [-0.25, -0.2) is 8.42 Å². The Morgan fingerprint density at radius 1 is 1.38 bits per heavy atom. The molecule has 1 aliphatic rings. The maximum Gasteiger partial charge on any atom is 0.237 e. The van der Waals surface area contributed by atoms with Gasteiger partial charge in [-0.15, -0.1) is 0 Å². The number of rotatable bonds is 5. The van der Waals surface area contributed by atoms with Crippen molar-refractivity contribution >= 4 is 15.7 Å². The molecule has 0 saturated heterocycles. The molecular formula is C14H20N2O4S. The summed E-state index contributed by atoms with van der Waals surface area (Å²) in [6.07, 6.45) is 2.90. The number of carbonyl (C=O) groups excluding carboxylic acids is 1. The number of nitrogens with one attached hydrogen (secondary N) is 1. The molecule has 2 rings (SSSR count). The summed E-state index contributed by atoms with van der Waals surface area (Å²) in [6.45, 7) is 0. The van der Waals surface area contributed by atoms with E-state index in [0.29, 0.717) is 18.6 Å². The molecule has 1 aromatic rings. The van der Waals surface area contributed by atoms with Gasteiger partial charge in [-0.1, -0.05) is 0 Å². The third kappa shape index (κ3) is 3.36. The van der Waals surface area contributed by atoms with Crippen molar-refractivity contribution in [2.24, 2.45) is 5.73 Å². The van der Waals surface area contributed by atoms with Gasteiger partial charge in [0.1, 0.15) is 17.4 Å². The first-order valence-corrected chi connectivity index (χ1v) is 8.61. The Bertz CT molecular complexity index is 627. The Kier molecular flexibility index (Phi) is 4.25. The molecule has 2 atom stereocenters. The van der Waals surface area contributed by atoms with Gasteiger partial charge in [-0.3, -0.25) is 4.79 Å². The number of benzene rings is 1. The van der Waals surface area contributed by atoms with Crippen molar-refractivity contribution in [3.05, 3.63) is 24.3 Å². The summed E-state index contributed by atoms with van der Waals surface area (Å²) in [5, 5.41) is 2.99. The fourth-order valence-corrected chi connectivity index (χ4v) is 3.26. The Labute approximate surface area is 124 Å². The van der Waals surface area contributed by atoms with Crippen molar-refractivity contribution in [2.75, 3.05) is 13.3 Å². The van der Waals surface area contributed by atoms with E-state index in [1.54, 1.807) is 19.2 Å². The first-order valence-electron chi connectivity index (χ1n) is 6.72. The number of carbonyl (C=O) groups is 1. The van der Waals surface area contributed by atoms with Crippen LogP contribution in [0, 0.1) is 0 Å². The van der Waals surface area contributed by atoms with Gasteiger partial charge < -0.3 is 15.8 Å². The van der Waals surface area contributed by atoms with Crippen LogP contribution in [0.25, 0.3) is 0 Å². The summed E-state index contributed by atoms with van der Waals surface area (Å²) < 4.78 is 28.6. The molecular weight excluding hydrogens is 292 g/mol. The van der Waals surface area contributed by atoms with Crippen LogP contribution in [0.4, 0.5) is 0 Å². The van der Waals surface area contributed by atoms with E-state index in [4.69, 9.17) is 10.5 Å². The van der Waals surface area contributed by atoms with Gasteiger partial charge in [0.15, 0.2) is 9.84 Å².